The Bertz CT molecular complexity index is 143. The third-order valence-corrected chi connectivity index (χ3v) is 3.19. The summed E-state index contributed by atoms with van der Waals surface area (Å²) < 4.78 is 0. The average molecular weight is 198 g/mol. The van der Waals surface area contributed by atoms with Crippen LogP contribution in [0.3, 0.4) is 0 Å². The van der Waals surface area contributed by atoms with E-state index >= 15 is 0 Å². The van der Waals surface area contributed by atoms with E-state index in [0.717, 1.165) is 18.5 Å². The van der Waals surface area contributed by atoms with E-state index in [1.165, 1.54) is 45.2 Å². The molecule has 1 saturated carbocycles. The summed E-state index contributed by atoms with van der Waals surface area (Å²) in [7, 11) is 0. The number of rotatable bonds is 8. The van der Waals surface area contributed by atoms with Crippen molar-refractivity contribution >= 4 is 0 Å². The SMILES string of the molecule is CCCN(CC1CC1)C(CC)CCN. The fourth-order valence-corrected chi connectivity index (χ4v) is 2.18. The van der Waals surface area contributed by atoms with Gasteiger partial charge in [-0.25, -0.2) is 0 Å². The lowest BCUT2D eigenvalue weighted by Gasteiger charge is -2.30. The molecule has 1 rings (SSSR count). The van der Waals surface area contributed by atoms with Gasteiger partial charge in [0.15, 0.2) is 0 Å². The monoisotopic (exact) mass is 198 g/mol. The van der Waals surface area contributed by atoms with E-state index in [9.17, 15) is 0 Å². The zero-order chi connectivity index (χ0) is 10.4. The summed E-state index contributed by atoms with van der Waals surface area (Å²) in [5, 5.41) is 0. The maximum atomic E-state index is 5.66. The van der Waals surface area contributed by atoms with E-state index in [1.54, 1.807) is 0 Å². The van der Waals surface area contributed by atoms with Gasteiger partial charge in [-0.05, 0) is 51.1 Å². The van der Waals surface area contributed by atoms with Gasteiger partial charge in [0.2, 0.25) is 0 Å². The highest BCUT2D eigenvalue weighted by molar-refractivity contribution is 4.80. The first-order chi connectivity index (χ1) is 6.81. The van der Waals surface area contributed by atoms with Gasteiger partial charge in [0.25, 0.3) is 0 Å². The second kappa shape index (κ2) is 6.41. The van der Waals surface area contributed by atoms with Gasteiger partial charge in [-0.3, -0.25) is 0 Å². The van der Waals surface area contributed by atoms with Gasteiger partial charge in [-0.15, -0.1) is 0 Å². The summed E-state index contributed by atoms with van der Waals surface area (Å²) >= 11 is 0. The highest BCUT2D eigenvalue weighted by Crippen LogP contribution is 2.30. The third kappa shape index (κ3) is 3.97. The third-order valence-electron chi connectivity index (χ3n) is 3.19. The normalized spacial score (nSPS) is 18.9. The van der Waals surface area contributed by atoms with E-state index < -0.39 is 0 Å². The molecule has 1 unspecified atom stereocenters. The summed E-state index contributed by atoms with van der Waals surface area (Å²) in [6.45, 7) is 7.98. The predicted molar refractivity (Wildman–Crippen MR) is 62.3 cm³/mol. The van der Waals surface area contributed by atoms with E-state index in [2.05, 4.69) is 18.7 Å². The fraction of sp³-hybridized carbons (Fsp3) is 1.00. The number of nitrogens with two attached hydrogens (primary N) is 1. The molecule has 0 aliphatic heterocycles. The van der Waals surface area contributed by atoms with Gasteiger partial charge in [0.05, 0.1) is 0 Å². The first kappa shape index (κ1) is 12.0. The highest BCUT2D eigenvalue weighted by Gasteiger charge is 2.26. The summed E-state index contributed by atoms with van der Waals surface area (Å²) in [4.78, 5) is 2.67. The zero-order valence-electron chi connectivity index (χ0n) is 9.84. The molecule has 0 radical (unpaired) electrons. The second-order valence-corrected chi connectivity index (χ2v) is 4.58. The Kier molecular flexibility index (Phi) is 5.49. The van der Waals surface area contributed by atoms with Crippen LogP contribution < -0.4 is 5.73 Å². The maximum absolute atomic E-state index is 5.66. The Hall–Kier alpha value is -0.0800. The molecule has 0 spiro atoms. The largest absolute Gasteiger partial charge is 0.330 e. The molecule has 0 aromatic rings. The minimum atomic E-state index is 0.737. The van der Waals surface area contributed by atoms with E-state index in [0.29, 0.717) is 0 Å². The highest BCUT2D eigenvalue weighted by atomic mass is 15.2. The van der Waals surface area contributed by atoms with E-state index in [-0.39, 0.29) is 0 Å². The summed E-state index contributed by atoms with van der Waals surface area (Å²) in [5.41, 5.74) is 5.66. The second-order valence-electron chi connectivity index (χ2n) is 4.58. The minimum absolute atomic E-state index is 0.737. The molecule has 0 saturated heterocycles. The molecule has 1 fully saturated rings. The lowest BCUT2D eigenvalue weighted by atomic mass is 10.1. The average Bonchev–Trinajstić information content (AvgIpc) is 2.97. The van der Waals surface area contributed by atoms with Crippen LogP contribution in [0.2, 0.25) is 0 Å². The van der Waals surface area contributed by atoms with Crippen molar-refractivity contribution in [2.24, 2.45) is 11.7 Å². The topological polar surface area (TPSA) is 29.3 Å². The van der Waals surface area contributed by atoms with Crippen molar-refractivity contribution in [3.63, 3.8) is 0 Å². The molecule has 0 aromatic heterocycles. The van der Waals surface area contributed by atoms with Crippen molar-refractivity contribution in [1.82, 2.24) is 4.90 Å². The Morgan fingerprint density at radius 2 is 2.07 bits per heavy atom. The lowest BCUT2D eigenvalue weighted by molar-refractivity contribution is 0.176. The van der Waals surface area contributed by atoms with Gasteiger partial charge < -0.3 is 10.6 Å². The minimum Gasteiger partial charge on any atom is -0.330 e. The van der Waals surface area contributed by atoms with Crippen LogP contribution in [-0.4, -0.2) is 30.6 Å². The van der Waals surface area contributed by atoms with Gasteiger partial charge in [-0.2, -0.15) is 0 Å². The van der Waals surface area contributed by atoms with Gasteiger partial charge in [-0.1, -0.05) is 13.8 Å². The predicted octanol–water partition coefficient (Wildman–Crippen LogP) is 2.24. The molecule has 0 heterocycles. The van der Waals surface area contributed by atoms with Crippen LogP contribution in [0.4, 0.5) is 0 Å². The standard InChI is InChI=1S/C12H26N2/c1-3-9-14(10-11-5-6-11)12(4-2)7-8-13/h11-12H,3-10,13H2,1-2H3. The van der Waals surface area contributed by atoms with Crippen LogP contribution >= 0.6 is 0 Å². The number of hydrogen-bond donors (Lipinski definition) is 1. The van der Waals surface area contributed by atoms with E-state index in [1.807, 2.05) is 0 Å². The lowest BCUT2D eigenvalue weighted by Crippen LogP contribution is -2.38. The van der Waals surface area contributed by atoms with Crippen LogP contribution in [0.25, 0.3) is 0 Å². The molecule has 14 heavy (non-hydrogen) atoms. The molecule has 2 N–H and O–H groups in total. The molecule has 2 nitrogen and oxygen atoms in total. The summed E-state index contributed by atoms with van der Waals surface area (Å²) in [5.74, 6) is 1.01. The van der Waals surface area contributed by atoms with E-state index in [4.69, 9.17) is 5.73 Å². The molecular formula is C12H26N2. The molecule has 1 aliphatic carbocycles. The number of hydrogen-bond acceptors (Lipinski definition) is 2. The summed E-state index contributed by atoms with van der Waals surface area (Å²) in [6, 6.07) is 0.737. The molecule has 2 heteroatoms. The van der Waals surface area contributed by atoms with Crippen LogP contribution in [0.5, 0.6) is 0 Å². The van der Waals surface area contributed by atoms with Crippen molar-refractivity contribution in [2.45, 2.75) is 52.0 Å². The fourth-order valence-electron chi connectivity index (χ4n) is 2.18. The Morgan fingerprint density at radius 1 is 1.36 bits per heavy atom. The van der Waals surface area contributed by atoms with Crippen molar-refractivity contribution < 1.29 is 0 Å². The van der Waals surface area contributed by atoms with Crippen molar-refractivity contribution in [3.05, 3.63) is 0 Å². The quantitative estimate of drug-likeness (QED) is 0.648. The molecule has 84 valence electrons. The van der Waals surface area contributed by atoms with Crippen LogP contribution in [0, 0.1) is 5.92 Å². The summed E-state index contributed by atoms with van der Waals surface area (Å²) in [6.07, 6.45) is 6.61. The van der Waals surface area contributed by atoms with Crippen LogP contribution in [0.1, 0.15) is 46.0 Å². The first-order valence-corrected chi connectivity index (χ1v) is 6.25. The maximum Gasteiger partial charge on any atom is 0.0105 e. The Morgan fingerprint density at radius 3 is 2.50 bits per heavy atom. The van der Waals surface area contributed by atoms with Gasteiger partial charge in [0, 0.05) is 12.6 Å². The molecule has 0 bridgehead atoms. The molecule has 0 aromatic carbocycles. The Balaban J connectivity index is 2.34. The Labute approximate surface area is 88.8 Å². The van der Waals surface area contributed by atoms with Gasteiger partial charge >= 0.3 is 0 Å². The van der Waals surface area contributed by atoms with Crippen molar-refractivity contribution in [3.8, 4) is 0 Å². The first-order valence-electron chi connectivity index (χ1n) is 6.25. The van der Waals surface area contributed by atoms with Crippen molar-refractivity contribution in [2.75, 3.05) is 19.6 Å². The molecule has 1 atom stereocenters. The zero-order valence-corrected chi connectivity index (χ0v) is 9.84. The number of nitrogens with zero attached hydrogens (tertiary/aromatic N) is 1. The molecular weight excluding hydrogens is 172 g/mol. The molecule has 1 aliphatic rings. The van der Waals surface area contributed by atoms with Crippen LogP contribution in [-0.2, 0) is 0 Å². The molecule has 0 amide bonds. The van der Waals surface area contributed by atoms with Crippen molar-refractivity contribution in [1.29, 1.82) is 0 Å². The smallest absolute Gasteiger partial charge is 0.0105 e. The van der Waals surface area contributed by atoms with Gasteiger partial charge in [0.1, 0.15) is 0 Å². The van der Waals surface area contributed by atoms with Crippen LogP contribution in [0.15, 0.2) is 0 Å².